The number of hydrogen-bond acceptors (Lipinski definition) is 3. The molecule has 2 atom stereocenters. The highest BCUT2D eigenvalue weighted by molar-refractivity contribution is 5.57. The van der Waals surface area contributed by atoms with E-state index in [0.717, 1.165) is 25.3 Å². The number of rotatable bonds is 8. The highest BCUT2D eigenvalue weighted by Gasteiger charge is 2.33. The van der Waals surface area contributed by atoms with Crippen molar-refractivity contribution in [2.24, 2.45) is 0 Å². The molecule has 0 amide bonds. The summed E-state index contributed by atoms with van der Waals surface area (Å²) in [6, 6.07) is 10.4. The predicted octanol–water partition coefficient (Wildman–Crippen LogP) is 3.97. The molecule has 2 saturated heterocycles. The molecule has 0 N–H and O–H groups in total. The topological polar surface area (TPSA) is 30.3 Å². The highest BCUT2D eigenvalue weighted by Crippen LogP contribution is 2.26. The Labute approximate surface area is 150 Å². The number of aromatic nitrogens is 2. The first-order valence-corrected chi connectivity index (χ1v) is 9.82. The van der Waals surface area contributed by atoms with Crippen LogP contribution in [0.4, 0.5) is 0 Å². The van der Waals surface area contributed by atoms with E-state index in [1.807, 2.05) is 12.4 Å². The van der Waals surface area contributed by atoms with Crippen molar-refractivity contribution in [1.29, 1.82) is 0 Å². The molecule has 2 aliphatic rings. The largest absolute Gasteiger partial charge is 0.372 e. The average Bonchev–Trinajstić information content (AvgIpc) is 3.25. The minimum Gasteiger partial charge on any atom is -0.372 e. The van der Waals surface area contributed by atoms with Gasteiger partial charge in [0.05, 0.1) is 24.2 Å². The van der Waals surface area contributed by atoms with Gasteiger partial charge in [0, 0.05) is 31.4 Å². The smallest absolute Gasteiger partial charge is 0.0953 e. The van der Waals surface area contributed by atoms with E-state index in [9.17, 15) is 0 Å². The van der Waals surface area contributed by atoms with E-state index in [1.165, 1.54) is 50.6 Å². The molecular weight excluding hydrogens is 310 g/mol. The fourth-order valence-corrected chi connectivity index (χ4v) is 4.11. The van der Waals surface area contributed by atoms with Gasteiger partial charge >= 0.3 is 0 Å². The number of unbranched alkanes of at least 4 members (excludes halogenated alkanes) is 3. The molecule has 2 bridgehead atoms. The van der Waals surface area contributed by atoms with Gasteiger partial charge in [0.2, 0.25) is 0 Å². The molecule has 0 saturated carbocycles. The third-order valence-corrected chi connectivity index (χ3v) is 5.46. The maximum atomic E-state index is 5.90. The van der Waals surface area contributed by atoms with Gasteiger partial charge in [-0.1, -0.05) is 43.2 Å². The number of aryl methyl sites for hydroxylation is 1. The zero-order chi connectivity index (χ0) is 16.9. The molecule has 2 unspecified atom stereocenters. The Bertz CT molecular complexity index is 642. The number of ether oxygens (including phenoxy) is 1. The first-order valence-electron chi connectivity index (χ1n) is 9.82. The number of morpholine rings is 1. The van der Waals surface area contributed by atoms with E-state index in [0.29, 0.717) is 12.2 Å². The summed E-state index contributed by atoms with van der Waals surface area (Å²) in [5.41, 5.74) is 2.27. The fraction of sp³-hybridized carbons (Fsp3) is 0.571. The second-order valence-electron chi connectivity index (χ2n) is 7.49. The van der Waals surface area contributed by atoms with Crippen molar-refractivity contribution < 1.29 is 4.74 Å². The van der Waals surface area contributed by atoms with Crippen LogP contribution in [0.5, 0.6) is 0 Å². The lowest BCUT2D eigenvalue weighted by atomic mass is 10.1. The van der Waals surface area contributed by atoms with Crippen molar-refractivity contribution in [2.45, 2.75) is 57.3 Å². The van der Waals surface area contributed by atoms with Crippen molar-refractivity contribution in [3.8, 4) is 11.3 Å². The van der Waals surface area contributed by atoms with E-state index >= 15 is 0 Å². The van der Waals surface area contributed by atoms with Gasteiger partial charge in [-0.25, -0.2) is 4.98 Å². The number of fused-ring (bicyclic) bond motifs is 2. The van der Waals surface area contributed by atoms with Crippen molar-refractivity contribution in [3.63, 3.8) is 0 Å². The van der Waals surface area contributed by atoms with Crippen LogP contribution in [-0.4, -0.2) is 46.3 Å². The number of likely N-dealkylation sites (tertiary alicyclic amines) is 1. The van der Waals surface area contributed by atoms with E-state index < -0.39 is 0 Å². The standard InChI is InChI=1S/C21H29N3O/c1(6-12-23-14-19-10-11-20(15-23)25-19)2-7-13-24-16-21(22-17-24)18-8-4-3-5-9-18/h3-5,8-9,16-17,19-20H,1-2,6-7,10-15H2. The minimum absolute atomic E-state index is 0.527. The molecule has 1 aromatic carbocycles. The van der Waals surface area contributed by atoms with Crippen LogP contribution in [-0.2, 0) is 11.3 Å². The lowest BCUT2D eigenvalue weighted by Crippen LogP contribution is -2.42. The molecule has 3 heterocycles. The van der Waals surface area contributed by atoms with Gasteiger partial charge < -0.3 is 9.30 Å². The van der Waals surface area contributed by atoms with E-state index in [1.54, 1.807) is 0 Å². The summed E-state index contributed by atoms with van der Waals surface area (Å²) in [7, 11) is 0. The van der Waals surface area contributed by atoms with Crippen LogP contribution in [0.15, 0.2) is 42.9 Å². The van der Waals surface area contributed by atoms with Crippen LogP contribution in [0.1, 0.15) is 38.5 Å². The van der Waals surface area contributed by atoms with Gasteiger partial charge in [-0.15, -0.1) is 0 Å². The molecular formula is C21H29N3O. The third-order valence-electron chi connectivity index (χ3n) is 5.46. The molecule has 4 heteroatoms. The lowest BCUT2D eigenvalue weighted by molar-refractivity contribution is -0.0385. The summed E-state index contributed by atoms with van der Waals surface area (Å²) in [6.45, 7) is 4.64. The summed E-state index contributed by atoms with van der Waals surface area (Å²) in [5, 5.41) is 0. The molecule has 0 spiro atoms. The molecule has 0 aliphatic carbocycles. The Morgan fingerprint density at radius 3 is 2.40 bits per heavy atom. The van der Waals surface area contributed by atoms with Gasteiger partial charge in [-0.2, -0.15) is 0 Å². The molecule has 134 valence electrons. The fourth-order valence-electron chi connectivity index (χ4n) is 4.11. The Morgan fingerprint density at radius 2 is 1.64 bits per heavy atom. The lowest BCUT2D eigenvalue weighted by Gasteiger charge is -2.32. The molecule has 2 fully saturated rings. The molecule has 4 rings (SSSR count). The molecule has 2 aliphatic heterocycles. The summed E-state index contributed by atoms with van der Waals surface area (Å²) in [6.07, 6.45) is 12.9. The Hall–Kier alpha value is -1.65. The van der Waals surface area contributed by atoms with Crippen molar-refractivity contribution >= 4 is 0 Å². The molecule has 2 aromatic rings. The van der Waals surface area contributed by atoms with Gasteiger partial charge in [0.15, 0.2) is 0 Å². The second-order valence-corrected chi connectivity index (χ2v) is 7.49. The van der Waals surface area contributed by atoms with Gasteiger partial charge in [0.1, 0.15) is 0 Å². The zero-order valence-electron chi connectivity index (χ0n) is 15.0. The number of imidazole rings is 1. The summed E-state index contributed by atoms with van der Waals surface area (Å²) in [4.78, 5) is 7.15. The van der Waals surface area contributed by atoms with E-state index in [4.69, 9.17) is 4.74 Å². The van der Waals surface area contributed by atoms with Crippen LogP contribution in [0, 0.1) is 0 Å². The minimum atomic E-state index is 0.527. The van der Waals surface area contributed by atoms with Crippen molar-refractivity contribution in [1.82, 2.24) is 14.5 Å². The second kappa shape index (κ2) is 8.15. The highest BCUT2D eigenvalue weighted by atomic mass is 16.5. The molecule has 1 aromatic heterocycles. The zero-order valence-corrected chi connectivity index (χ0v) is 15.0. The number of nitrogens with zero attached hydrogens (tertiary/aromatic N) is 3. The van der Waals surface area contributed by atoms with E-state index in [-0.39, 0.29) is 0 Å². The average molecular weight is 339 g/mol. The normalized spacial score (nSPS) is 23.2. The Kier molecular flexibility index (Phi) is 5.48. The van der Waals surface area contributed by atoms with Gasteiger partial charge in [-0.05, 0) is 32.2 Å². The SMILES string of the molecule is c1ccc(-c2cn(CCCCCCN3CC4CCC(C3)O4)cn2)cc1. The number of hydrogen-bond donors (Lipinski definition) is 0. The predicted molar refractivity (Wildman–Crippen MR) is 100 cm³/mol. The first kappa shape index (κ1) is 16.8. The van der Waals surface area contributed by atoms with Crippen LogP contribution in [0.2, 0.25) is 0 Å². The summed E-state index contributed by atoms with van der Waals surface area (Å²) < 4.78 is 8.13. The monoisotopic (exact) mass is 339 g/mol. The Balaban J connectivity index is 1.12. The third kappa shape index (κ3) is 4.50. The Morgan fingerprint density at radius 1 is 0.920 bits per heavy atom. The van der Waals surface area contributed by atoms with Crippen molar-refractivity contribution in [2.75, 3.05) is 19.6 Å². The summed E-state index contributed by atoms with van der Waals surface area (Å²) in [5.74, 6) is 0. The quantitative estimate of drug-likeness (QED) is 0.682. The number of benzene rings is 1. The molecule has 4 nitrogen and oxygen atoms in total. The van der Waals surface area contributed by atoms with Crippen LogP contribution in [0.25, 0.3) is 11.3 Å². The van der Waals surface area contributed by atoms with Crippen LogP contribution >= 0.6 is 0 Å². The summed E-state index contributed by atoms with van der Waals surface area (Å²) >= 11 is 0. The van der Waals surface area contributed by atoms with E-state index in [2.05, 4.69) is 44.9 Å². The maximum absolute atomic E-state index is 5.90. The van der Waals surface area contributed by atoms with Gasteiger partial charge in [-0.3, -0.25) is 4.90 Å². The van der Waals surface area contributed by atoms with Crippen molar-refractivity contribution in [3.05, 3.63) is 42.9 Å². The molecule has 0 radical (unpaired) electrons. The maximum Gasteiger partial charge on any atom is 0.0953 e. The van der Waals surface area contributed by atoms with Crippen LogP contribution in [0.3, 0.4) is 0 Å². The van der Waals surface area contributed by atoms with Gasteiger partial charge in [0.25, 0.3) is 0 Å². The first-order chi connectivity index (χ1) is 12.4. The van der Waals surface area contributed by atoms with Crippen LogP contribution < -0.4 is 0 Å². The molecule has 25 heavy (non-hydrogen) atoms.